The number of amides is 1. The third-order valence-electron chi connectivity index (χ3n) is 4.15. The van der Waals surface area contributed by atoms with Crippen molar-refractivity contribution in [3.8, 4) is 5.75 Å². The Bertz CT molecular complexity index is 805. The Balaban J connectivity index is 1.94. The molecule has 0 spiro atoms. The Kier molecular flexibility index (Phi) is 7.62. The van der Waals surface area contributed by atoms with Gasteiger partial charge in [0.1, 0.15) is 5.75 Å². The van der Waals surface area contributed by atoms with E-state index in [1.807, 2.05) is 50.2 Å². The van der Waals surface area contributed by atoms with E-state index in [0.717, 1.165) is 35.2 Å². The Morgan fingerprint density at radius 3 is 2.30 bits per heavy atom. The molecule has 0 saturated heterocycles. The normalized spacial score (nSPS) is 10.6. The van der Waals surface area contributed by atoms with Crippen LogP contribution in [0, 0.1) is 0 Å². The molecule has 0 atom stereocenters. The quantitative estimate of drug-likeness (QED) is 0.565. The molecular formula is C22H25NO4. The molecule has 2 aromatic carbocycles. The lowest BCUT2D eigenvalue weighted by atomic mass is 10.0. The van der Waals surface area contributed by atoms with Crippen LogP contribution in [0.4, 0.5) is 5.69 Å². The SMILES string of the molecule is CCc1cccc(CC)c1NC(=O)COC(=O)C=Cc1ccccc1OC. The first-order valence-electron chi connectivity index (χ1n) is 8.97. The molecule has 0 radical (unpaired) electrons. The smallest absolute Gasteiger partial charge is 0.331 e. The molecule has 2 aromatic rings. The predicted molar refractivity (Wildman–Crippen MR) is 107 cm³/mol. The summed E-state index contributed by atoms with van der Waals surface area (Å²) >= 11 is 0. The van der Waals surface area contributed by atoms with Crippen LogP contribution in [0.15, 0.2) is 48.5 Å². The fraction of sp³-hybridized carbons (Fsp3) is 0.273. The number of rotatable bonds is 8. The third kappa shape index (κ3) is 5.71. The highest BCUT2D eigenvalue weighted by Gasteiger charge is 2.11. The summed E-state index contributed by atoms with van der Waals surface area (Å²) in [6, 6.07) is 13.3. The van der Waals surface area contributed by atoms with Crippen LogP contribution in [0.25, 0.3) is 6.08 Å². The van der Waals surface area contributed by atoms with E-state index in [2.05, 4.69) is 5.32 Å². The Hall–Kier alpha value is -3.08. The van der Waals surface area contributed by atoms with Crippen molar-refractivity contribution in [1.29, 1.82) is 0 Å². The Morgan fingerprint density at radius 2 is 1.67 bits per heavy atom. The number of nitrogens with one attached hydrogen (secondary N) is 1. The Morgan fingerprint density at radius 1 is 1.00 bits per heavy atom. The molecule has 0 unspecified atom stereocenters. The van der Waals surface area contributed by atoms with Crippen molar-refractivity contribution < 1.29 is 19.1 Å². The summed E-state index contributed by atoms with van der Waals surface area (Å²) in [6.45, 7) is 3.73. The first-order valence-corrected chi connectivity index (χ1v) is 8.97. The van der Waals surface area contributed by atoms with E-state index in [1.165, 1.54) is 6.08 Å². The molecule has 5 nitrogen and oxygen atoms in total. The molecule has 1 amide bonds. The van der Waals surface area contributed by atoms with Gasteiger partial charge < -0.3 is 14.8 Å². The summed E-state index contributed by atoms with van der Waals surface area (Å²) in [5.74, 6) is -0.289. The zero-order valence-corrected chi connectivity index (χ0v) is 16.0. The number of para-hydroxylation sites is 2. The lowest BCUT2D eigenvalue weighted by Gasteiger charge is -2.14. The van der Waals surface area contributed by atoms with E-state index in [9.17, 15) is 9.59 Å². The van der Waals surface area contributed by atoms with Crippen LogP contribution in [0.2, 0.25) is 0 Å². The first kappa shape index (κ1) is 20.2. The van der Waals surface area contributed by atoms with Crippen molar-refractivity contribution in [2.75, 3.05) is 19.0 Å². The molecule has 0 aliphatic rings. The minimum atomic E-state index is -0.587. The molecule has 0 aromatic heterocycles. The van der Waals surface area contributed by atoms with Crippen molar-refractivity contribution in [3.63, 3.8) is 0 Å². The molecule has 0 fully saturated rings. The van der Waals surface area contributed by atoms with Gasteiger partial charge in [-0.15, -0.1) is 0 Å². The number of esters is 1. The molecule has 142 valence electrons. The van der Waals surface area contributed by atoms with Crippen LogP contribution in [-0.2, 0) is 27.2 Å². The summed E-state index contributed by atoms with van der Waals surface area (Å²) in [4.78, 5) is 24.1. The Labute approximate surface area is 160 Å². The summed E-state index contributed by atoms with van der Waals surface area (Å²) in [5, 5.41) is 2.87. The van der Waals surface area contributed by atoms with Crippen molar-refractivity contribution in [1.82, 2.24) is 0 Å². The number of carbonyl (C=O) groups is 2. The van der Waals surface area contributed by atoms with Gasteiger partial charge in [0.15, 0.2) is 6.61 Å². The number of hydrogen-bond donors (Lipinski definition) is 1. The molecule has 0 aliphatic carbocycles. The predicted octanol–water partition coefficient (Wildman–Crippen LogP) is 4.02. The molecule has 1 N–H and O–H groups in total. The number of methoxy groups -OCH3 is 1. The summed E-state index contributed by atoms with van der Waals surface area (Å²) in [5.41, 5.74) is 3.69. The van der Waals surface area contributed by atoms with E-state index in [4.69, 9.17) is 9.47 Å². The minimum Gasteiger partial charge on any atom is -0.496 e. The van der Waals surface area contributed by atoms with Crippen LogP contribution in [0.3, 0.4) is 0 Å². The molecule has 0 aliphatic heterocycles. The maximum absolute atomic E-state index is 12.2. The van der Waals surface area contributed by atoms with Gasteiger partial charge >= 0.3 is 5.97 Å². The van der Waals surface area contributed by atoms with Crippen LogP contribution >= 0.6 is 0 Å². The number of carbonyl (C=O) groups excluding carboxylic acids is 2. The lowest BCUT2D eigenvalue weighted by Crippen LogP contribution is -2.21. The van der Waals surface area contributed by atoms with Crippen molar-refractivity contribution in [2.45, 2.75) is 26.7 Å². The van der Waals surface area contributed by atoms with Crippen LogP contribution in [0.5, 0.6) is 5.75 Å². The van der Waals surface area contributed by atoms with Gasteiger partial charge in [0, 0.05) is 17.3 Å². The van der Waals surface area contributed by atoms with Crippen molar-refractivity contribution >= 4 is 23.6 Å². The zero-order valence-electron chi connectivity index (χ0n) is 16.0. The summed E-state index contributed by atoms with van der Waals surface area (Å²) < 4.78 is 10.3. The van der Waals surface area contributed by atoms with Gasteiger partial charge in [-0.05, 0) is 36.1 Å². The third-order valence-corrected chi connectivity index (χ3v) is 4.15. The number of ether oxygens (including phenoxy) is 2. The maximum Gasteiger partial charge on any atom is 0.331 e. The first-order chi connectivity index (χ1) is 13.1. The van der Waals surface area contributed by atoms with Gasteiger partial charge in [-0.2, -0.15) is 0 Å². The van der Waals surface area contributed by atoms with Gasteiger partial charge in [-0.1, -0.05) is 50.2 Å². The molecule has 5 heteroatoms. The second-order valence-corrected chi connectivity index (χ2v) is 5.89. The van der Waals surface area contributed by atoms with Gasteiger partial charge in [-0.3, -0.25) is 4.79 Å². The van der Waals surface area contributed by atoms with Gasteiger partial charge in [0.25, 0.3) is 5.91 Å². The number of aryl methyl sites for hydroxylation is 2. The zero-order chi connectivity index (χ0) is 19.6. The topological polar surface area (TPSA) is 64.6 Å². The minimum absolute atomic E-state index is 0.337. The highest BCUT2D eigenvalue weighted by atomic mass is 16.5. The summed E-state index contributed by atoms with van der Waals surface area (Å²) in [6.07, 6.45) is 4.50. The van der Waals surface area contributed by atoms with E-state index < -0.39 is 5.97 Å². The van der Waals surface area contributed by atoms with E-state index in [-0.39, 0.29) is 12.5 Å². The van der Waals surface area contributed by atoms with E-state index >= 15 is 0 Å². The molecular weight excluding hydrogens is 342 g/mol. The van der Waals surface area contributed by atoms with Crippen molar-refractivity contribution in [3.05, 3.63) is 65.2 Å². The highest BCUT2D eigenvalue weighted by Crippen LogP contribution is 2.22. The van der Waals surface area contributed by atoms with Crippen molar-refractivity contribution in [2.24, 2.45) is 0 Å². The second kappa shape index (κ2) is 10.2. The monoisotopic (exact) mass is 367 g/mol. The van der Waals surface area contributed by atoms with E-state index in [0.29, 0.717) is 5.75 Å². The van der Waals surface area contributed by atoms with Gasteiger partial charge in [0.2, 0.25) is 0 Å². The standard InChI is InChI=1S/C22H25NO4/c1-4-16-10-8-11-17(5-2)22(16)23-20(24)15-27-21(25)14-13-18-9-6-7-12-19(18)26-3/h6-14H,4-5,15H2,1-3H3,(H,23,24). The highest BCUT2D eigenvalue weighted by molar-refractivity contribution is 5.95. The average Bonchev–Trinajstić information content (AvgIpc) is 2.70. The van der Waals surface area contributed by atoms with Crippen LogP contribution in [-0.4, -0.2) is 25.6 Å². The molecule has 0 saturated carbocycles. The number of benzene rings is 2. The second-order valence-electron chi connectivity index (χ2n) is 5.89. The largest absolute Gasteiger partial charge is 0.496 e. The summed E-state index contributed by atoms with van der Waals surface area (Å²) in [7, 11) is 1.56. The fourth-order valence-electron chi connectivity index (χ4n) is 2.73. The van der Waals surface area contributed by atoms with Crippen LogP contribution in [0.1, 0.15) is 30.5 Å². The average molecular weight is 367 g/mol. The van der Waals surface area contributed by atoms with Gasteiger partial charge in [-0.25, -0.2) is 4.79 Å². The van der Waals surface area contributed by atoms with Crippen LogP contribution < -0.4 is 10.1 Å². The van der Waals surface area contributed by atoms with Gasteiger partial charge in [0.05, 0.1) is 7.11 Å². The molecule has 27 heavy (non-hydrogen) atoms. The number of anilines is 1. The molecule has 0 bridgehead atoms. The maximum atomic E-state index is 12.2. The number of hydrogen-bond acceptors (Lipinski definition) is 4. The molecule has 2 rings (SSSR count). The lowest BCUT2D eigenvalue weighted by molar-refractivity contribution is -0.142. The molecule has 0 heterocycles. The van der Waals surface area contributed by atoms with E-state index in [1.54, 1.807) is 19.3 Å². The fourth-order valence-corrected chi connectivity index (χ4v) is 2.73.